The molecule has 0 radical (unpaired) electrons. The van der Waals surface area contributed by atoms with Crippen LogP contribution < -0.4 is 10.1 Å². The number of hydrogen-bond donors (Lipinski definition) is 1. The van der Waals surface area contributed by atoms with Crippen LogP contribution in [0.1, 0.15) is 0 Å². The summed E-state index contributed by atoms with van der Waals surface area (Å²) in [6, 6.07) is 14.9. The van der Waals surface area contributed by atoms with Gasteiger partial charge in [0.1, 0.15) is 12.3 Å². The van der Waals surface area contributed by atoms with Gasteiger partial charge >= 0.3 is 17.8 Å². The van der Waals surface area contributed by atoms with E-state index < -0.39 is 30.3 Å². The smallest absolute Gasteiger partial charge is 0.334 e. The molecule has 1 aliphatic rings. The van der Waals surface area contributed by atoms with Crippen LogP contribution in [0.5, 0.6) is 11.5 Å². The number of nitrogens with one attached hydrogen (secondary N) is 1. The summed E-state index contributed by atoms with van der Waals surface area (Å²) in [6.07, 6.45) is 0. The Bertz CT molecular complexity index is 881. The Morgan fingerprint density at radius 1 is 0.962 bits per heavy atom. The number of rotatable bonds is 5. The highest BCUT2D eigenvalue weighted by Crippen LogP contribution is 2.29. The lowest BCUT2D eigenvalue weighted by Crippen LogP contribution is -2.38. The summed E-state index contributed by atoms with van der Waals surface area (Å²) in [5, 5.41) is 2.59. The normalized spacial score (nSPS) is 14.0. The summed E-state index contributed by atoms with van der Waals surface area (Å²) < 4.78 is 5.73. The number of benzene rings is 2. The second kappa shape index (κ2) is 7.06. The van der Waals surface area contributed by atoms with Gasteiger partial charge in [0.2, 0.25) is 5.91 Å². The number of carbonyl (C=O) groups excluding carboxylic acids is 4. The van der Waals surface area contributed by atoms with Crippen LogP contribution in [-0.2, 0) is 14.4 Å². The van der Waals surface area contributed by atoms with E-state index in [1.54, 1.807) is 36.4 Å². The first-order chi connectivity index (χ1) is 12.5. The van der Waals surface area contributed by atoms with Crippen molar-refractivity contribution >= 4 is 29.4 Å². The van der Waals surface area contributed by atoms with E-state index in [0.29, 0.717) is 27.0 Å². The van der Waals surface area contributed by atoms with Gasteiger partial charge in [-0.2, -0.15) is 0 Å². The third kappa shape index (κ3) is 3.39. The molecule has 0 aromatic heterocycles. The van der Waals surface area contributed by atoms with Crippen molar-refractivity contribution < 1.29 is 23.9 Å². The fourth-order valence-corrected chi connectivity index (χ4v) is 2.36. The predicted octanol–water partition coefficient (Wildman–Crippen LogP) is 1.84. The molecule has 5 amide bonds. The number of nitrogens with zero attached hydrogens (tertiary/aromatic N) is 2. The number of anilines is 1. The average Bonchev–Trinajstić information content (AvgIpc) is 2.82. The van der Waals surface area contributed by atoms with Crippen molar-refractivity contribution in [2.75, 3.05) is 18.9 Å². The molecule has 1 aliphatic heterocycles. The Morgan fingerprint density at radius 2 is 1.62 bits per heavy atom. The lowest BCUT2D eigenvalue weighted by molar-refractivity contribution is -0.143. The minimum Gasteiger partial charge on any atom is -0.455 e. The number of hydrogen-bond acceptors (Lipinski definition) is 5. The molecule has 8 heteroatoms. The number of likely N-dealkylation sites (N-methyl/N-ethyl adjacent to an activating group) is 1. The molecule has 26 heavy (non-hydrogen) atoms. The first kappa shape index (κ1) is 17.2. The molecule has 1 saturated heterocycles. The Morgan fingerprint density at radius 3 is 2.27 bits per heavy atom. The minimum absolute atomic E-state index is 0.375. The van der Waals surface area contributed by atoms with E-state index in [9.17, 15) is 19.2 Å². The highest BCUT2D eigenvalue weighted by atomic mass is 16.5. The van der Waals surface area contributed by atoms with Crippen molar-refractivity contribution in [2.24, 2.45) is 0 Å². The highest BCUT2D eigenvalue weighted by molar-refractivity contribution is 6.44. The van der Waals surface area contributed by atoms with Gasteiger partial charge < -0.3 is 10.1 Å². The summed E-state index contributed by atoms with van der Waals surface area (Å²) in [5.74, 6) is -1.62. The molecule has 2 aromatic carbocycles. The monoisotopic (exact) mass is 353 g/mol. The van der Waals surface area contributed by atoms with Gasteiger partial charge in [0, 0.05) is 7.05 Å². The zero-order chi connectivity index (χ0) is 18.7. The maximum atomic E-state index is 12.2. The lowest BCUT2D eigenvalue weighted by atomic mass is 10.2. The molecule has 1 heterocycles. The molecule has 3 rings (SSSR count). The van der Waals surface area contributed by atoms with Gasteiger partial charge in [-0.05, 0) is 24.3 Å². The van der Waals surface area contributed by atoms with Crippen molar-refractivity contribution in [1.82, 2.24) is 9.80 Å². The molecule has 8 nitrogen and oxygen atoms in total. The SMILES string of the molecule is CN1C(=O)C(=O)N(CC(=O)Nc2ccccc2Oc2ccccc2)C1=O. The summed E-state index contributed by atoms with van der Waals surface area (Å²) in [5.41, 5.74) is 0.375. The Kier molecular flexibility index (Phi) is 4.66. The predicted molar refractivity (Wildman–Crippen MR) is 91.5 cm³/mol. The van der Waals surface area contributed by atoms with Crippen LogP contribution in [0.4, 0.5) is 10.5 Å². The number of para-hydroxylation sites is 3. The van der Waals surface area contributed by atoms with Crippen molar-refractivity contribution in [3.63, 3.8) is 0 Å². The van der Waals surface area contributed by atoms with Crippen LogP contribution in [0, 0.1) is 0 Å². The molecule has 0 aliphatic carbocycles. The molecule has 0 atom stereocenters. The van der Waals surface area contributed by atoms with Gasteiger partial charge in [-0.25, -0.2) is 9.69 Å². The van der Waals surface area contributed by atoms with E-state index in [1.165, 1.54) is 7.05 Å². The maximum Gasteiger partial charge on any atom is 0.334 e. The molecule has 132 valence electrons. The summed E-state index contributed by atoms with van der Waals surface area (Å²) >= 11 is 0. The number of carbonyl (C=O) groups is 4. The van der Waals surface area contributed by atoms with Gasteiger partial charge in [0.05, 0.1) is 5.69 Å². The van der Waals surface area contributed by atoms with Gasteiger partial charge in [-0.3, -0.25) is 19.3 Å². The molecule has 0 unspecified atom stereocenters. The Labute approximate surface area is 149 Å². The number of urea groups is 1. The minimum atomic E-state index is -1.03. The summed E-state index contributed by atoms with van der Waals surface area (Å²) in [6.45, 7) is -0.562. The molecule has 0 saturated carbocycles. The van der Waals surface area contributed by atoms with Crippen molar-refractivity contribution in [3.8, 4) is 11.5 Å². The lowest BCUT2D eigenvalue weighted by Gasteiger charge is -2.15. The number of ether oxygens (including phenoxy) is 1. The van der Waals surface area contributed by atoms with E-state index >= 15 is 0 Å². The van der Waals surface area contributed by atoms with Crippen LogP contribution in [0.15, 0.2) is 54.6 Å². The summed E-state index contributed by atoms with van der Waals surface area (Å²) in [7, 11) is 1.18. The van der Waals surface area contributed by atoms with Gasteiger partial charge in [-0.15, -0.1) is 0 Å². The quantitative estimate of drug-likeness (QED) is 0.654. The van der Waals surface area contributed by atoms with Crippen LogP contribution in [0.25, 0.3) is 0 Å². The molecule has 0 bridgehead atoms. The highest BCUT2D eigenvalue weighted by Gasteiger charge is 2.43. The van der Waals surface area contributed by atoms with E-state index in [4.69, 9.17) is 4.74 Å². The average molecular weight is 353 g/mol. The standard InChI is InChI=1S/C18H15N3O5/c1-20-16(23)17(24)21(18(20)25)11-15(22)19-13-9-5-6-10-14(13)26-12-7-3-2-4-8-12/h2-10H,11H2,1H3,(H,19,22). The molecule has 1 N–H and O–H groups in total. The van der Waals surface area contributed by atoms with Crippen molar-refractivity contribution in [1.29, 1.82) is 0 Å². The van der Waals surface area contributed by atoms with Crippen LogP contribution in [0.2, 0.25) is 0 Å². The fourth-order valence-electron chi connectivity index (χ4n) is 2.36. The van der Waals surface area contributed by atoms with Crippen LogP contribution >= 0.6 is 0 Å². The number of amides is 5. The molecule has 0 spiro atoms. The molecule has 2 aromatic rings. The van der Waals surface area contributed by atoms with Gasteiger partial charge in [0.25, 0.3) is 0 Å². The molecule has 1 fully saturated rings. The Balaban J connectivity index is 1.71. The number of imide groups is 2. The van der Waals surface area contributed by atoms with E-state index in [2.05, 4.69) is 5.32 Å². The van der Waals surface area contributed by atoms with Crippen LogP contribution in [-0.4, -0.2) is 47.1 Å². The topological polar surface area (TPSA) is 96.0 Å². The third-order valence-electron chi connectivity index (χ3n) is 3.68. The zero-order valence-corrected chi connectivity index (χ0v) is 13.8. The van der Waals surface area contributed by atoms with E-state index in [0.717, 1.165) is 0 Å². The largest absolute Gasteiger partial charge is 0.455 e. The van der Waals surface area contributed by atoms with Crippen LogP contribution in [0.3, 0.4) is 0 Å². The van der Waals surface area contributed by atoms with Crippen molar-refractivity contribution in [2.45, 2.75) is 0 Å². The van der Waals surface area contributed by atoms with Gasteiger partial charge in [0.15, 0.2) is 5.75 Å². The zero-order valence-electron chi connectivity index (χ0n) is 13.8. The van der Waals surface area contributed by atoms with Gasteiger partial charge in [-0.1, -0.05) is 30.3 Å². The fraction of sp³-hybridized carbons (Fsp3) is 0.111. The maximum absolute atomic E-state index is 12.2. The first-order valence-corrected chi connectivity index (χ1v) is 7.72. The van der Waals surface area contributed by atoms with E-state index in [1.807, 2.05) is 18.2 Å². The molecular formula is C18H15N3O5. The Hall–Kier alpha value is -3.68. The van der Waals surface area contributed by atoms with E-state index in [-0.39, 0.29) is 0 Å². The summed E-state index contributed by atoms with van der Waals surface area (Å²) in [4.78, 5) is 48.5. The third-order valence-corrected chi connectivity index (χ3v) is 3.68. The second-order valence-corrected chi connectivity index (χ2v) is 5.50. The first-order valence-electron chi connectivity index (χ1n) is 7.72. The second-order valence-electron chi connectivity index (χ2n) is 5.50. The molecular weight excluding hydrogens is 338 g/mol. The van der Waals surface area contributed by atoms with Crippen molar-refractivity contribution in [3.05, 3.63) is 54.6 Å².